The van der Waals surface area contributed by atoms with Gasteiger partial charge in [-0.25, -0.2) is 0 Å². The lowest BCUT2D eigenvalue weighted by Gasteiger charge is -2.22. The van der Waals surface area contributed by atoms with Crippen molar-refractivity contribution in [2.24, 2.45) is 0 Å². The fourth-order valence-electron chi connectivity index (χ4n) is 4.36. The Labute approximate surface area is 183 Å². The van der Waals surface area contributed by atoms with Crippen LogP contribution in [-0.2, 0) is 16.0 Å². The van der Waals surface area contributed by atoms with Crippen LogP contribution in [0.5, 0.6) is 11.5 Å². The lowest BCUT2D eigenvalue weighted by molar-refractivity contribution is -0.136. The number of benzene rings is 2. The number of ether oxygens (including phenoxy) is 2. The number of rotatable bonds is 8. The number of methoxy groups -OCH3 is 2. The van der Waals surface area contributed by atoms with Gasteiger partial charge in [-0.3, -0.25) is 14.5 Å². The predicted octanol–water partition coefficient (Wildman–Crippen LogP) is 4.04. The van der Waals surface area contributed by atoms with Gasteiger partial charge in [-0.1, -0.05) is 44.0 Å². The van der Waals surface area contributed by atoms with Crippen LogP contribution in [0.4, 0.5) is 5.69 Å². The van der Waals surface area contributed by atoms with Gasteiger partial charge in [0.05, 0.1) is 19.8 Å². The molecule has 0 fully saturated rings. The molecule has 0 saturated carbocycles. The molecule has 0 aromatic heterocycles. The Morgan fingerprint density at radius 2 is 1.71 bits per heavy atom. The van der Waals surface area contributed by atoms with E-state index in [0.717, 1.165) is 31.4 Å². The maximum Gasteiger partial charge on any atom is 0.278 e. The molecular formula is C25H28N2O4. The van der Waals surface area contributed by atoms with Gasteiger partial charge in [-0.05, 0) is 42.2 Å². The average Bonchev–Trinajstić information content (AvgIpc) is 3.32. The highest BCUT2D eigenvalue weighted by Crippen LogP contribution is 2.40. The molecule has 0 saturated heterocycles. The zero-order valence-corrected chi connectivity index (χ0v) is 18.3. The molecule has 2 heterocycles. The number of unbranched alkanes of at least 4 members (excludes halogenated alkanes) is 2. The van der Waals surface area contributed by atoms with Gasteiger partial charge in [-0.2, -0.15) is 0 Å². The second kappa shape index (κ2) is 8.84. The minimum absolute atomic E-state index is 0.220. The maximum absolute atomic E-state index is 13.5. The molecule has 31 heavy (non-hydrogen) atoms. The third-order valence-corrected chi connectivity index (χ3v) is 5.96. The third-order valence-electron chi connectivity index (χ3n) is 5.96. The van der Waals surface area contributed by atoms with Crippen LogP contribution >= 0.6 is 0 Å². The third kappa shape index (κ3) is 3.67. The predicted molar refractivity (Wildman–Crippen MR) is 120 cm³/mol. The zero-order chi connectivity index (χ0) is 22.0. The van der Waals surface area contributed by atoms with Gasteiger partial charge >= 0.3 is 0 Å². The van der Waals surface area contributed by atoms with Crippen molar-refractivity contribution in [1.82, 2.24) is 4.90 Å². The Kier molecular flexibility index (Phi) is 5.98. The number of nitrogens with zero attached hydrogens (tertiary/aromatic N) is 2. The molecule has 2 aliphatic heterocycles. The first-order chi connectivity index (χ1) is 15.1. The smallest absolute Gasteiger partial charge is 0.278 e. The van der Waals surface area contributed by atoms with Crippen LogP contribution in [-0.4, -0.2) is 44.0 Å². The lowest BCUT2D eigenvalue weighted by atomic mass is 10.0. The minimum Gasteiger partial charge on any atom is -0.493 e. The number of hydrogen-bond donors (Lipinski definition) is 0. The van der Waals surface area contributed by atoms with Crippen LogP contribution in [0.2, 0.25) is 0 Å². The molecule has 0 spiro atoms. The number of carbonyl (C=O) groups excluding carboxylic acids is 2. The molecule has 2 aromatic carbocycles. The van der Waals surface area contributed by atoms with E-state index >= 15 is 0 Å². The number of anilines is 1. The Balaban J connectivity index is 1.82. The standard InChI is InChI=1S/C25H28N2O4/c1-4-5-8-14-27-24(28)22(18-11-12-20(30-2)21(16-18)31-3)23(25(27)29)26-15-13-17-9-6-7-10-19(17)26/h6-7,9-12,16H,4-5,8,13-15H2,1-3H3. The topological polar surface area (TPSA) is 59.1 Å². The molecule has 6 nitrogen and oxygen atoms in total. The zero-order valence-electron chi connectivity index (χ0n) is 18.3. The molecule has 2 amide bonds. The van der Waals surface area contributed by atoms with Gasteiger partial charge in [0.25, 0.3) is 11.8 Å². The summed E-state index contributed by atoms with van der Waals surface area (Å²) in [4.78, 5) is 30.4. The Morgan fingerprint density at radius 3 is 2.45 bits per heavy atom. The molecule has 0 aliphatic carbocycles. The van der Waals surface area contributed by atoms with Gasteiger partial charge in [0.15, 0.2) is 11.5 Å². The summed E-state index contributed by atoms with van der Waals surface area (Å²) >= 11 is 0. The molecule has 0 unspecified atom stereocenters. The van der Waals surface area contributed by atoms with Crippen molar-refractivity contribution in [3.05, 3.63) is 59.3 Å². The normalized spacial score (nSPS) is 15.7. The number of amides is 2. The maximum atomic E-state index is 13.5. The van der Waals surface area contributed by atoms with E-state index in [2.05, 4.69) is 13.0 Å². The largest absolute Gasteiger partial charge is 0.493 e. The minimum atomic E-state index is -0.243. The number of hydrogen-bond acceptors (Lipinski definition) is 5. The fraction of sp³-hybridized carbons (Fsp3) is 0.360. The fourth-order valence-corrected chi connectivity index (χ4v) is 4.36. The SMILES string of the molecule is CCCCCN1C(=O)C(c2ccc(OC)c(OC)c2)=C(N2CCc3ccccc32)C1=O. The van der Waals surface area contributed by atoms with Crippen molar-refractivity contribution in [3.63, 3.8) is 0 Å². The van der Waals surface area contributed by atoms with Crippen LogP contribution in [0, 0.1) is 0 Å². The van der Waals surface area contributed by atoms with Crippen molar-refractivity contribution in [2.45, 2.75) is 32.6 Å². The van der Waals surface area contributed by atoms with Gasteiger partial charge in [0.1, 0.15) is 5.70 Å². The van der Waals surface area contributed by atoms with E-state index in [-0.39, 0.29) is 11.8 Å². The summed E-state index contributed by atoms with van der Waals surface area (Å²) in [7, 11) is 3.13. The van der Waals surface area contributed by atoms with Crippen molar-refractivity contribution in [2.75, 3.05) is 32.2 Å². The summed E-state index contributed by atoms with van der Waals surface area (Å²) in [5.41, 5.74) is 3.73. The first-order valence-electron chi connectivity index (χ1n) is 10.8. The average molecular weight is 421 g/mol. The van der Waals surface area contributed by atoms with Crippen LogP contribution in [0.25, 0.3) is 5.57 Å². The van der Waals surface area contributed by atoms with E-state index in [0.29, 0.717) is 41.4 Å². The molecule has 4 rings (SSSR count). The second-order valence-corrected chi connectivity index (χ2v) is 7.79. The van der Waals surface area contributed by atoms with Crippen LogP contribution in [0.15, 0.2) is 48.2 Å². The van der Waals surface area contributed by atoms with Crippen molar-refractivity contribution < 1.29 is 19.1 Å². The van der Waals surface area contributed by atoms with Gasteiger partial charge in [0, 0.05) is 18.8 Å². The van der Waals surface area contributed by atoms with E-state index < -0.39 is 0 Å². The monoisotopic (exact) mass is 420 g/mol. The highest BCUT2D eigenvalue weighted by Gasteiger charge is 2.43. The van der Waals surface area contributed by atoms with Crippen LogP contribution < -0.4 is 14.4 Å². The Hall–Kier alpha value is -3.28. The van der Waals surface area contributed by atoms with Gasteiger partial charge < -0.3 is 14.4 Å². The van der Waals surface area contributed by atoms with E-state index in [4.69, 9.17) is 9.47 Å². The van der Waals surface area contributed by atoms with Crippen molar-refractivity contribution in [1.29, 1.82) is 0 Å². The number of fused-ring (bicyclic) bond motifs is 1. The molecule has 0 N–H and O–H groups in total. The molecule has 0 atom stereocenters. The Morgan fingerprint density at radius 1 is 0.935 bits per heavy atom. The van der Waals surface area contributed by atoms with E-state index in [1.165, 1.54) is 10.5 Å². The molecule has 0 bridgehead atoms. The van der Waals surface area contributed by atoms with Crippen LogP contribution in [0.3, 0.4) is 0 Å². The van der Waals surface area contributed by atoms with E-state index in [1.54, 1.807) is 26.4 Å². The first kappa shape index (κ1) is 21.0. The summed E-state index contributed by atoms with van der Waals surface area (Å²) in [5.74, 6) is 0.644. The molecular weight excluding hydrogens is 392 g/mol. The lowest BCUT2D eigenvalue weighted by Crippen LogP contribution is -2.35. The van der Waals surface area contributed by atoms with Crippen molar-refractivity contribution in [3.8, 4) is 11.5 Å². The summed E-state index contributed by atoms with van der Waals surface area (Å²) < 4.78 is 10.8. The quantitative estimate of drug-likeness (QED) is 0.477. The molecule has 162 valence electrons. The van der Waals surface area contributed by atoms with Crippen LogP contribution in [0.1, 0.15) is 37.3 Å². The van der Waals surface area contributed by atoms with E-state index in [9.17, 15) is 9.59 Å². The summed E-state index contributed by atoms with van der Waals surface area (Å²) in [5, 5.41) is 0. The highest BCUT2D eigenvalue weighted by atomic mass is 16.5. The number of carbonyl (C=O) groups is 2. The van der Waals surface area contributed by atoms with Gasteiger partial charge in [0.2, 0.25) is 0 Å². The van der Waals surface area contributed by atoms with Gasteiger partial charge in [-0.15, -0.1) is 0 Å². The molecule has 2 aromatic rings. The highest BCUT2D eigenvalue weighted by molar-refractivity contribution is 6.36. The molecule has 0 radical (unpaired) electrons. The second-order valence-electron chi connectivity index (χ2n) is 7.79. The summed E-state index contributed by atoms with van der Waals surface area (Å²) in [6.45, 7) is 3.21. The Bertz CT molecular complexity index is 1040. The number of para-hydroxylation sites is 1. The van der Waals surface area contributed by atoms with E-state index in [1.807, 2.05) is 29.2 Å². The molecule has 2 aliphatic rings. The first-order valence-corrected chi connectivity index (χ1v) is 10.8. The van der Waals surface area contributed by atoms with Crippen molar-refractivity contribution >= 4 is 23.1 Å². The summed E-state index contributed by atoms with van der Waals surface area (Å²) in [6, 6.07) is 13.4. The molecule has 6 heteroatoms. The number of imide groups is 1. The summed E-state index contributed by atoms with van der Waals surface area (Å²) in [6.07, 6.45) is 3.65.